The van der Waals surface area contributed by atoms with Crippen LogP contribution in [0.3, 0.4) is 0 Å². The normalized spacial score (nSPS) is 14.7. The first-order valence-corrected chi connectivity index (χ1v) is 13.7. The number of aliphatic hydroxyl groups excluding tert-OH is 1. The monoisotopic (exact) mass is 616 g/mol. The van der Waals surface area contributed by atoms with Crippen molar-refractivity contribution in [2.75, 3.05) is 33.9 Å². The van der Waals surface area contributed by atoms with Gasteiger partial charge < -0.3 is 29.9 Å². The van der Waals surface area contributed by atoms with E-state index in [1.165, 1.54) is 7.11 Å². The molecular weight excluding hydrogens is 581 g/mol. The molecule has 0 aliphatic carbocycles. The van der Waals surface area contributed by atoms with E-state index in [4.69, 9.17) is 31.0 Å². The van der Waals surface area contributed by atoms with Gasteiger partial charge in [0.25, 0.3) is 0 Å². The van der Waals surface area contributed by atoms with Crippen molar-refractivity contribution in [1.29, 1.82) is 0 Å². The molecule has 2 atom stereocenters. The molecule has 1 heterocycles. The molecule has 1 amide bonds. The van der Waals surface area contributed by atoms with Gasteiger partial charge in [-0.2, -0.15) is 13.2 Å². The smallest absolute Gasteiger partial charge is 0.490 e. The van der Waals surface area contributed by atoms with Gasteiger partial charge in [-0.05, 0) is 80.7 Å². The summed E-state index contributed by atoms with van der Waals surface area (Å²) >= 11 is 6.26. The minimum Gasteiger partial charge on any atom is -0.497 e. The third-order valence-electron chi connectivity index (χ3n) is 6.61. The summed E-state index contributed by atoms with van der Waals surface area (Å²) in [5, 5.41) is 21.6. The van der Waals surface area contributed by atoms with E-state index in [1.807, 2.05) is 0 Å². The van der Waals surface area contributed by atoms with Gasteiger partial charge >= 0.3 is 12.1 Å². The highest BCUT2D eigenvalue weighted by atomic mass is 35.5. The quantitative estimate of drug-likeness (QED) is 0.211. The SMILES string of the molecule is COc1ccc(C(=O)CCCCC(=O)N[C@H](CN2CCCC2)[C@H](O)c2ccc(OC)c(Cl)c2)cc1.O=C(O)C(F)(F)F. The maximum Gasteiger partial charge on any atom is 0.490 e. The largest absolute Gasteiger partial charge is 0.497 e. The first kappa shape index (κ1) is 34.8. The molecule has 0 unspecified atom stereocenters. The zero-order valence-electron chi connectivity index (χ0n) is 23.5. The number of carboxylic acids is 1. The first-order valence-electron chi connectivity index (χ1n) is 13.4. The average Bonchev–Trinajstić information content (AvgIpc) is 3.47. The highest BCUT2D eigenvalue weighted by molar-refractivity contribution is 6.32. The van der Waals surface area contributed by atoms with Crippen molar-refractivity contribution in [3.63, 3.8) is 0 Å². The van der Waals surface area contributed by atoms with Crippen molar-refractivity contribution in [2.45, 2.75) is 56.8 Å². The molecular formula is C29H36ClF3N2O7. The summed E-state index contributed by atoms with van der Waals surface area (Å²) in [6.07, 6.45) is -1.87. The standard InChI is InChI=1S/C27H35ClN2O5.C2HF3O2/c1-34-21-12-9-19(10-13-21)24(31)7-3-4-8-26(32)29-23(18-30-15-5-6-16-30)27(33)20-11-14-25(35-2)22(28)17-20;3-2(4,5)1(6)7/h9-14,17,23,27,33H,3-8,15-16,18H2,1-2H3,(H,29,32);(H,6,7)/t23-,27-;/m1./s1. The Bertz CT molecular complexity index is 1170. The zero-order valence-corrected chi connectivity index (χ0v) is 24.2. The van der Waals surface area contributed by atoms with Crippen LogP contribution in [-0.2, 0) is 9.59 Å². The summed E-state index contributed by atoms with van der Waals surface area (Å²) < 4.78 is 42.1. The Labute approximate surface area is 247 Å². The van der Waals surface area contributed by atoms with E-state index in [0.29, 0.717) is 59.9 Å². The number of carbonyl (C=O) groups is 3. The number of aliphatic carboxylic acids is 1. The molecule has 42 heavy (non-hydrogen) atoms. The van der Waals surface area contributed by atoms with Crippen LogP contribution >= 0.6 is 11.6 Å². The van der Waals surface area contributed by atoms with Crippen LogP contribution in [0.5, 0.6) is 11.5 Å². The number of ether oxygens (including phenoxy) is 2. The van der Waals surface area contributed by atoms with Gasteiger partial charge in [-0.1, -0.05) is 17.7 Å². The molecule has 0 saturated carbocycles. The number of nitrogens with zero attached hydrogens (tertiary/aromatic N) is 1. The first-order chi connectivity index (χ1) is 19.8. The van der Waals surface area contributed by atoms with Crippen LogP contribution in [-0.4, -0.2) is 78.8 Å². The fourth-order valence-corrected chi connectivity index (χ4v) is 4.60. The number of unbranched alkanes of at least 4 members (excludes halogenated alkanes) is 1. The number of likely N-dealkylation sites (tertiary alicyclic amines) is 1. The molecule has 1 aliphatic rings. The number of hydrogen-bond donors (Lipinski definition) is 3. The van der Waals surface area contributed by atoms with Crippen LogP contribution in [0.1, 0.15) is 60.6 Å². The Kier molecular flexibility index (Phi) is 14.1. The Morgan fingerprint density at radius 1 is 1.00 bits per heavy atom. The maximum absolute atomic E-state index is 12.7. The van der Waals surface area contributed by atoms with Gasteiger partial charge in [-0.15, -0.1) is 0 Å². The summed E-state index contributed by atoms with van der Waals surface area (Å²) in [6, 6.07) is 11.7. The lowest BCUT2D eigenvalue weighted by Crippen LogP contribution is -2.46. The Hall–Kier alpha value is -3.35. The maximum atomic E-state index is 12.7. The second kappa shape index (κ2) is 16.9. The predicted molar refractivity (Wildman–Crippen MR) is 150 cm³/mol. The van der Waals surface area contributed by atoms with E-state index < -0.39 is 24.3 Å². The Balaban J connectivity index is 0.000000782. The number of carbonyl (C=O) groups excluding carboxylic acids is 2. The number of ketones is 1. The van der Waals surface area contributed by atoms with Crippen LogP contribution in [0.25, 0.3) is 0 Å². The van der Waals surface area contributed by atoms with Gasteiger partial charge in [0.05, 0.1) is 25.3 Å². The number of rotatable bonds is 13. The summed E-state index contributed by atoms with van der Waals surface area (Å²) in [5.74, 6) is -1.60. The molecule has 0 bridgehead atoms. The minimum atomic E-state index is -5.08. The zero-order chi connectivity index (χ0) is 31.3. The molecule has 3 rings (SSSR count). The van der Waals surface area contributed by atoms with E-state index in [0.717, 1.165) is 25.9 Å². The van der Waals surface area contributed by atoms with Crippen molar-refractivity contribution in [3.8, 4) is 11.5 Å². The molecule has 3 N–H and O–H groups in total. The predicted octanol–water partition coefficient (Wildman–Crippen LogP) is 5.05. The van der Waals surface area contributed by atoms with Crippen molar-refractivity contribution >= 4 is 29.3 Å². The van der Waals surface area contributed by atoms with Crippen LogP contribution in [0.4, 0.5) is 13.2 Å². The van der Waals surface area contributed by atoms with Crippen LogP contribution in [0.2, 0.25) is 5.02 Å². The summed E-state index contributed by atoms with van der Waals surface area (Å²) in [4.78, 5) is 36.3. The van der Waals surface area contributed by atoms with Crippen molar-refractivity contribution in [2.24, 2.45) is 0 Å². The molecule has 1 fully saturated rings. The number of alkyl halides is 3. The molecule has 13 heteroatoms. The number of nitrogens with one attached hydrogen (secondary N) is 1. The fraction of sp³-hybridized carbons (Fsp3) is 0.483. The molecule has 1 aliphatic heterocycles. The summed E-state index contributed by atoms with van der Waals surface area (Å²) in [5.41, 5.74) is 1.27. The number of hydrogen-bond acceptors (Lipinski definition) is 7. The third kappa shape index (κ3) is 11.5. The topological polar surface area (TPSA) is 125 Å². The number of aliphatic hydroxyl groups is 1. The number of methoxy groups -OCH3 is 2. The molecule has 0 spiro atoms. The highest BCUT2D eigenvalue weighted by Crippen LogP contribution is 2.29. The van der Waals surface area contributed by atoms with E-state index in [-0.39, 0.29) is 11.7 Å². The molecule has 9 nitrogen and oxygen atoms in total. The molecule has 2 aromatic carbocycles. The average molecular weight is 617 g/mol. The third-order valence-corrected chi connectivity index (χ3v) is 6.91. The molecule has 1 saturated heterocycles. The lowest BCUT2D eigenvalue weighted by Gasteiger charge is -2.29. The Morgan fingerprint density at radius 2 is 1.60 bits per heavy atom. The van der Waals surface area contributed by atoms with E-state index in [9.17, 15) is 27.9 Å². The van der Waals surface area contributed by atoms with Gasteiger partial charge in [-0.3, -0.25) is 9.59 Å². The summed E-state index contributed by atoms with van der Waals surface area (Å²) in [6.45, 7) is 2.47. The Morgan fingerprint density at radius 3 is 2.12 bits per heavy atom. The molecule has 2 aromatic rings. The van der Waals surface area contributed by atoms with Gasteiger partial charge in [0.1, 0.15) is 17.6 Å². The second-order valence-electron chi connectivity index (χ2n) is 9.68. The van der Waals surface area contributed by atoms with Crippen molar-refractivity contribution in [1.82, 2.24) is 10.2 Å². The van der Waals surface area contributed by atoms with Crippen LogP contribution in [0, 0.1) is 0 Å². The minimum absolute atomic E-state index is 0.0479. The van der Waals surface area contributed by atoms with Gasteiger partial charge in [-0.25, -0.2) is 4.79 Å². The van der Waals surface area contributed by atoms with Gasteiger partial charge in [0, 0.05) is 24.9 Å². The number of Topliss-reactive ketones (excluding diaryl/α,β-unsaturated/α-hetero) is 1. The van der Waals surface area contributed by atoms with Crippen LogP contribution < -0.4 is 14.8 Å². The van der Waals surface area contributed by atoms with Crippen molar-refractivity contribution in [3.05, 3.63) is 58.6 Å². The number of amides is 1. The second-order valence-corrected chi connectivity index (χ2v) is 10.1. The molecule has 0 aromatic heterocycles. The molecule has 0 radical (unpaired) electrons. The molecule has 232 valence electrons. The van der Waals surface area contributed by atoms with E-state index in [1.54, 1.807) is 49.6 Å². The van der Waals surface area contributed by atoms with Crippen molar-refractivity contribution < 1.29 is 47.2 Å². The van der Waals surface area contributed by atoms with E-state index in [2.05, 4.69) is 10.2 Å². The van der Waals surface area contributed by atoms with Gasteiger partial charge in [0.2, 0.25) is 5.91 Å². The lowest BCUT2D eigenvalue weighted by atomic mass is 10.0. The number of benzene rings is 2. The highest BCUT2D eigenvalue weighted by Gasteiger charge is 2.38. The van der Waals surface area contributed by atoms with Gasteiger partial charge in [0.15, 0.2) is 5.78 Å². The number of halogens is 4. The van der Waals surface area contributed by atoms with Crippen LogP contribution in [0.15, 0.2) is 42.5 Å². The fourth-order valence-electron chi connectivity index (χ4n) is 4.34. The lowest BCUT2D eigenvalue weighted by molar-refractivity contribution is -0.192. The summed E-state index contributed by atoms with van der Waals surface area (Å²) in [7, 11) is 3.13. The number of carboxylic acid groups (broad SMARTS) is 1. The van der Waals surface area contributed by atoms with E-state index >= 15 is 0 Å².